The molecule has 0 radical (unpaired) electrons. The minimum atomic E-state index is -3.86. The second-order valence-corrected chi connectivity index (χ2v) is 14.6. The topological polar surface area (TPSA) is 131 Å². The van der Waals surface area contributed by atoms with E-state index in [2.05, 4.69) is 4.72 Å². The Kier molecular flexibility index (Phi) is 14.0. The van der Waals surface area contributed by atoms with Crippen LogP contribution in [0.3, 0.4) is 0 Å². The molecule has 1 aliphatic heterocycles. The van der Waals surface area contributed by atoms with Crippen LogP contribution in [0.4, 0.5) is 0 Å². The summed E-state index contributed by atoms with van der Waals surface area (Å²) in [5.41, 5.74) is 1.77. The Morgan fingerprint density at radius 1 is 1.06 bits per heavy atom. The van der Waals surface area contributed by atoms with Gasteiger partial charge >= 0.3 is 5.97 Å². The zero-order valence-corrected chi connectivity index (χ0v) is 29.5. The number of methoxy groups -OCH3 is 2. The molecule has 1 aliphatic rings. The van der Waals surface area contributed by atoms with Gasteiger partial charge in [-0.2, -0.15) is 0 Å². The zero-order chi connectivity index (χ0) is 34.9. The number of cyclic esters (lactones) is 1. The lowest BCUT2D eigenvalue weighted by Gasteiger charge is -2.34. The average molecular weight is 670 g/mol. The van der Waals surface area contributed by atoms with E-state index in [4.69, 9.17) is 14.2 Å². The van der Waals surface area contributed by atoms with Crippen molar-refractivity contribution in [2.24, 2.45) is 23.7 Å². The molecule has 8 atom stereocenters. The van der Waals surface area contributed by atoms with Crippen molar-refractivity contribution in [3.63, 3.8) is 0 Å². The lowest BCUT2D eigenvalue weighted by molar-refractivity contribution is -0.161. The van der Waals surface area contributed by atoms with Crippen LogP contribution < -0.4 is 4.72 Å². The molecular weight excluding hydrogens is 618 g/mol. The van der Waals surface area contributed by atoms with Crippen molar-refractivity contribution in [1.82, 2.24) is 4.72 Å². The predicted octanol–water partition coefficient (Wildman–Crippen LogP) is 5.69. The second kappa shape index (κ2) is 17.2. The fourth-order valence-electron chi connectivity index (χ4n) is 5.98. The monoisotopic (exact) mass is 669 g/mol. The molecule has 0 aromatic heterocycles. The molecule has 0 aliphatic carbocycles. The third-order valence-electron chi connectivity index (χ3n) is 8.86. The SMILES string of the molecule is CO/C1=C\C(C)=C\[C@@H](C)[C@@H](O)[C@H](C)C/C(C)=C/C=C/[C@H](OC)C([C@@H](C)[C@@H](O)[C@H](C)CNS(=O)(=O)c2ccc3ccccc3c2)OC1=O. The number of ether oxygens (including phenoxy) is 3. The summed E-state index contributed by atoms with van der Waals surface area (Å²) in [5.74, 6) is -2.21. The summed E-state index contributed by atoms with van der Waals surface area (Å²) in [7, 11) is -0.997. The molecule has 2 aromatic carbocycles. The number of carbonyl (C=O) groups is 1. The summed E-state index contributed by atoms with van der Waals surface area (Å²) < 4.78 is 46.1. The normalized spacial score (nSPS) is 29.6. The number of esters is 1. The minimum absolute atomic E-state index is 0.0104. The maximum atomic E-state index is 13.5. The van der Waals surface area contributed by atoms with Gasteiger partial charge in [0.2, 0.25) is 15.8 Å². The largest absolute Gasteiger partial charge is 0.490 e. The molecule has 2 aromatic rings. The highest BCUT2D eigenvalue weighted by Crippen LogP contribution is 2.27. The molecule has 258 valence electrons. The number of hydrogen-bond donors (Lipinski definition) is 3. The zero-order valence-electron chi connectivity index (χ0n) is 28.7. The fraction of sp³-hybridized carbons (Fsp3) is 0.486. The number of nitrogens with one attached hydrogen (secondary N) is 1. The molecule has 0 amide bonds. The fourth-order valence-corrected chi connectivity index (χ4v) is 7.16. The summed E-state index contributed by atoms with van der Waals surface area (Å²) in [5, 5.41) is 24.1. The van der Waals surface area contributed by atoms with E-state index in [9.17, 15) is 23.4 Å². The third kappa shape index (κ3) is 10.4. The molecule has 47 heavy (non-hydrogen) atoms. The van der Waals surface area contributed by atoms with Crippen molar-refractivity contribution >= 4 is 26.8 Å². The Labute approximate surface area is 280 Å². The number of sulfonamides is 1. The van der Waals surface area contributed by atoms with Gasteiger partial charge < -0.3 is 24.4 Å². The number of hydrogen-bond acceptors (Lipinski definition) is 8. The van der Waals surface area contributed by atoms with Gasteiger partial charge in [0.1, 0.15) is 12.2 Å². The molecule has 1 unspecified atom stereocenters. The number of benzene rings is 2. The Balaban J connectivity index is 1.88. The Morgan fingerprint density at radius 3 is 2.40 bits per heavy atom. The first kappa shape index (κ1) is 38.2. The van der Waals surface area contributed by atoms with Gasteiger partial charge in [-0.15, -0.1) is 0 Å². The van der Waals surface area contributed by atoms with Crippen LogP contribution in [-0.2, 0) is 29.0 Å². The van der Waals surface area contributed by atoms with Crippen molar-refractivity contribution in [3.05, 3.63) is 89.8 Å². The number of rotatable bonds is 9. The van der Waals surface area contributed by atoms with Crippen LogP contribution in [0.25, 0.3) is 10.8 Å². The highest BCUT2D eigenvalue weighted by molar-refractivity contribution is 7.89. The molecule has 3 N–H and O–H groups in total. The van der Waals surface area contributed by atoms with Gasteiger partial charge in [-0.3, -0.25) is 0 Å². The highest BCUT2D eigenvalue weighted by atomic mass is 32.2. The van der Waals surface area contributed by atoms with E-state index in [0.29, 0.717) is 6.42 Å². The maximum Gasteiger partial charge on any atom is 0.373 e. The molecule has 0 saturated heterocycles. The number of fused-ring (bicyclic) bond motifs is 1. The van der Waals surface area contributed by atoms with E-state index in [0.717, 1.165) is 21.9 Å². The number of allylic oxidation sites excluding steroid dienone is 5. The molecule has 0 fully saturated rings. The van der Waals surface area contributed by atoms with Gasteiger partial charge in [-0.05, 0) is 61.1 Å². The van der Waals surface area contributed by atoms with Crippen LogP contribution >= 0.6 is 0 Å². The van der Waals surface area contributed by atoms with Crippen LogP contribution in [0.5, 0.6) is 0 Å². The molecule has 0 bridgehead atoms. The first-order valence-electron chi connectivity index (χ1n) is 16.0. The van der Waals surface area contributed by atoms with Crippen LogP contribution in [0, 0.1) is 23.7 Å². The molecule has 9 nitrogen and oxygen atoms in total. The summed E-state index contributed by atoms with van der Waals surface area (Å²) in [6.07, 6.45) is 6.26. The number of aliphatic hydroxyl groups is 2. The van der Waals surface area contributed by atoms with Gasteiger partial charge in [0.15, 0.2) is 0 Å². The molecule has 1 heterocycles. The van der Waals surface area contributed by atoms with E-state index in [-0.39, 0.29) is 29.0 Å². The van der Waals surface area contributed by atoms with Gasteiger partial charge in [0, 0.05) is 25.5 Å². The molecule has 3 rings (SSSR count). The van der Waals surface area contributed by atoms with E-state index in [1.165, 1.54) is 14.2 Å². The van der Waals surface area contributed by atoms with E-state index < -0.39 is 52.2 Å². The van der Waals surface area contributed by atoms with E-state index in [1.807, 2.05) is 70.2 Å². The first-order valence-corrected chi connectivity index (χ1v) is 17.5. The Hall–Kier alpha value is -3.28. The summed E-state index contributed by atoms with van der Waals surface area (Å²) in [6.45, 7) is 11.2. The second-order valence-electron chi connectivity index (χ2n) is 12.8. The van der Waals surface area contributed by atoms with Crippen molar-refractivity contribution in [3.8, 4) is 0 Å². The average Bonchev–Trinajstić information content (AvgIpc) is 3.05. The van der Waals surface area contributed by atoms with Gasteiger partial charge in [0.05, 0.1) is 24.2 Å². The van der Waals surface area contributed by atoms with Crippen LogP contribution in [0.15, 0.2) is 94.6 Å². The van der Waals surface area contributed by atoms with Crippen LogP contribution in [0.1, 0.15) is 48.0 Å². The number of carbonyl (C=O) groups excluding carboxylic acids is 1. The van der Waals surface area contributed by atoms with E-state index >= 15 is 0 Å². The van der Waals surface area contributed by atoms with Crippen LogP contribution in [-0.4, -0.2) is 69.8 Å². The smallest absolute Gasteiger partial charge is 0.373 e. The molecule has 10 heteroatoms. The quantitative estimate of drug-likeness (QED) is 0.290. The summed E-state index contributed by atoms with van der Waals surface area (Å²) >= 11 is 0. The summed E-state index contributed by atoms with van der Waals surface area (Å²) in [6, 6.07) is 12.4. The Morgan fingerprint density at radius 2 is 1.74 bits per heavy atom. The third-order valence-corrected chi connectivity index (χ3v) is 10.3. The van der Waals surface area contributed by atoms with Gasteiger partial charge in [0.25, 0.3) is 0 Å². The van der Waals surface area contributed by atoms with Crippen molar-refractivity contribution in [1.29, 1.82) is 0 Å². The maximum absolute atomic E-state index is 13.5. The highest BCUT2D eigenvalue weighted by Gasteiger charge is 2.37. The lowest BCUT2D eigenvalue weighted by atomic mass is 9.86. The summed E-state index contributed by atoms with van der Waals surface area (Å²) in [4.78, 5) is 13.6. The Bertz CT molecular complexity index is 1590. The van der Waals surface area contributed by atoms with Crippen molar-refractivity contribution in [2.75, 3.05) is 20.8 Å². The first-order chi connectivity index (χ1) is 22.2. The standard InChI is InChI=1S/C37H51NO8S/c1-23-12-11-15-32(44-7)36(46-37(41)33(45-8)20-24(2)19-26(4)34(39)25(3)18-23)28(6)35(40)27(5)22-38-47(42,43)31-17-16-29-13-9-10-14-30(29)21-31/h9-17,19-21,25-28,32,34-36,38-40H,18,22H2,1-8H3/b15-11+,23-12+,24-19+,33-20-/t25-,26-,27-,28+,32+,34+,35+,36?/m1/s1. The molecule has 0 saturated carbocycles. The van der Waals surface area contributed by atoms with E-state index in [1.54, 1.807) is 44.2 Å². The van der Waals surface area contributed by atoms with Crippen molar-refractivity contribution in [2.45, 2.75) is 77.3 Å². The lowest BCUT2D eigenvalue weighted by Crippen LogP contribution is -2.46. The van der Waals surface area contributed by atoms with Gasteiger partial charge in [-0.1, -0.05) is 93.5 Å². The van der Waals surface area contributed by atoms with Crippen LogP contribution in [0.2, 0.25) is 0 Å². The van der Waals surface area contributed by atoms with Gasteiger partial charge in [-0.25, -0.2) is 17.9 Å². The molecule has 0 spiro atoms. The minimum Gasteiger partial charge on any atom is -0.490 e. The molecular formula is C37H51NO8S. The predicted molar refractivity (Wildman–Crippen MR) is 185 cm³/mol. The van der Waals surface area contributed by atoms with Crippen molar-refractivity contribution < 1.29 is 37.6 Å². The number of aliphatic hydroxyl groups excluding tert-OH is 2.